The quantitative estimate of drug-likeness (QED) is 0.847. The molecule has 1 saturated heterocycles. The van der Waals surface area contributed by atoms with Gasteiger partial charge in [0.25, 0.3) is 0 Å². The van der Waals surface area contributed by atoms with Crippen molar-refractivity contribution in [3.8, 4) is 6.07 Å². The number of carbonyl (C=O) groups excluding carboxylic acids is 1. The molecule has 1 amide bonds. The van der Waals surface area contributed by atoms with E-state index in [1.807, 2.05) is 22.9 Å². The molecule has 1 N–H and O–H groups in total. The standard InChI is InChI=1S/C18H30N6O/c1-13(2)15-10-17(21-20-15)22(5)12-18(25)24-8-6-23(7-9-24)16(11-19)14(3)4/h10,13-14,16H,6-9,12H2,1-5H3,(H,20,21)/t16-/m1/s1. The number of rotatable bonds is 6. The molecule has 0 bridgehead atoms. The Morgan fingerprint density at radius 3 is 2.44 bits per heavy atom. The minimum absolute atomic E-state index is 0.0709. The monoisotopic (exact) mass is 346 g/mol. The zero-order valence-electron chi connectivity index (χ0n) is 16.0. The van der Waals surface area contributed by atoms with E-state index >= 15 is 0 Å². The van der Waals surface area contributed by atoms with E-state index in [9.17, 15) is 10.1 Å². The summed E-state index contributed by atoms with van der Waals surface area (Å²) in [5, 5.41) is 16.6. The molecule has 1 atom stereocenters. The zero-order chi connectivity index (χ0) is 18.6. The molecule has 2 rings (SSSR count). The summed E-state index contributed by atoms with van der Waals surface area (Å²) in [6.45, 7) is 11.5. The van der Waals surface area contributed by atoms with E-state index in [0.29, 0.717) is 31.5 Å². The highest BCUT2D eigenvalue weighted by Crippen LogP contribution is 2.18. The number of H-pyrrole nitrogens is 1. The second kappa shape index (κ2) is 8.34. The third kappa shape index (κ3) is 4.73. The van der Waals surface area contributed by atoms with Crippen LogP contribution in [0.25, 0.3) is 0 Å². The molecule has 1 aliphatic heterocycles. The number of anilines is 1. The van der Waals surface area contributed by atoms with Gasteiger partial charge in [-0.15, -0.1) is 0 Å². The van der Waals surface area contributed by atoms with Crippen LogP contribution in [0.1, 0.15) is 39.3 Å². The Hall–Kier alpha value is -2.07. The third-order valence-electron chi connectivity index (χ3n) is 4.79. The van der Waals surface area contributed by atoms with E-state index in [0.717, 1.165) is 24.6 Å². The average Bonchev–Trinajstić information content (AvgIpc) is 3.06. The van der Waals surface area contributed by atoms with Crippen molar-refractivity contribution in [3.63, 3.8) is 0 Å². The number of nitrogens with zero attached hydrogens (tertiary/aromatic N) is 5. The first kappa shape index (κ1) is 19.3. The van der Waals surface area contributed by atoms with Crippen molar-refractivity contribution in [3.05, 3.63) is 11.8 Å². The summed E-state index contributed by atoms with van der Waals surface area (Å²) < 4.78 is 0. The largest absolute Gasteiger partial charge is 0.349 e. The van der Waals surface area contributed by atoms with Gasteiger partial charge < -0.3 is 9.80 Å². The highest BCUT2D eigenvalue weighted by Gasteiger charge is 2.28. The maximum absolute atomic E-state index is 12.6. The summed E-state index contributed by atoms with van der Waals surface area (Å²) in [5.41, 5.74) is 1.07. The van der Waals surface area contributed by atoms with Gasteiger partial charge in [0.15, 0.2) is 5.82 Å². The van der Waals surface area contributed by atoms with Crippen LogP contribution >= 0.6 is 0 Å². The summed E-state index contributed by atoms with van der Waals surface area (Å²) in [6, 6.07) is 4.31. The van der Waals surface area contributed by atoms with Crippen molar-refractivity contribution >= 4 is 11.7 Å². The first-order chi connectivity index (χ1) is 11.8. The molecule has 1 aromatic heterocycles. The minimum atomic E-state index is -0.0709. The number of aromatic amines is 1. The van der Waals surface area contributed by atoms with Gasteiger partial charge in [0.2, 0.25) is 5.91 Å². The van der Waals surface area contributed by atoms with Crippen LogP contribution in [0, 0.1) is 17.2 Å². The second-order valence-corrected chi connectivity index (χ2v) is 7.43. The summed E-state index contributed by atoms with van der Waals surface area (Å²) in [6.07, 6.45) is 0. The van der Waals surface area contributed by atoms with Crippen LogP contribution in [0.15, 0.2) is 6.07 Å². The van der Waals surface area contributed by atoms with Crippen LogP contribution < -0.4 is 4.90 Å². The molecule has 1 aliphatic rings. The van der Waals surface area contributed by atoms with Crippen molar-refractivity contribution < 1.29 is 4.79 Å². The smallest absolute Gasteiger partial charge is 0.242 e. The molecule has 2 heterocycles. The summed E-state index contributed by atoms with van der Waals surface area (Å²) in [4.78, 5) is 18.5. The third-order valence-corrected chi connectivity index (χ3v) is 4.79. The van der Waals surface area contributed by atoms with Crippen LogP contribution in [0.2, 0.25) is 0 Å². The van der Waals surface area contributed by atoms with Gasteiger partial charge in [-0.25, -0.2) is 0 Å². The van der Waals surface area contributed by atoms with Crippen LogP contribution in [0.5, 0.6) is 0 Å². The number of nitriles is 1. The summed E-state index contributed by atoms with van der Waals surface area (Å²) in [5.74, 6) is 1.58. The highest BCUT2D eigenvalue weighted by molar-refractivity contribution is 5.81. The molecule has 0 radical (unpaired) electrons. The number of likely N-dealkylation sites (N-methyl/N-ethyl adjacent to an activating group) is 1. The van der Waals surface area contributed by atoms with E-state index in [1.165, 1.54) is 0 Å². The van der Waals surface area contributed by atoms with Crippen molar-refractivity contribution in [2.45, 2.75) is 39.7 Å². The summed E-state index contributed by atoms with van der Waals surface area (Å²) in [7, 11) is 1.89. The van der Waals surface area contributed by atoms with E-state index in [4.69, 9.17) is 0 Å². The maximum Gasteiger partial charge on any atom is 0.242 e. The molecule has 1 aromatic rings. The Bertz CT molecular complexity index is 609. The van der Waals surface area contributed by atoms with Crippen LogP contribution in [0.4, 0.5) is 5.82 Å². The van der Waals surface area contributed by atoms with E-state index in [2.05, 4.69) is 48.9 Å². The van der Waals surface area contributed by atoms with Crippen molar-refractivity contribution in [2.24, 2.45) is 5.92 Å². The fraction of sp³-hybridized carbons (Fsp3) is 0.722. The summed E-state index contributed by atoms with van der Waals surface area (Å²) >= 11 is 0. The van der Waals surface area contributed by atoms with Crippen molar-refractivity contribution in [1.82, 2.24) is 20.0 Å². The Kier molecular flexibility index (Phi) is 6.43. The van der Waals surface area contributed by atoms with Crippen LogP contribution in [-0.4, -0.2) is 71.7 Å². The number of hydrogen-bond acceptors (Lipinski definition) is 5. The van der Waals surface area contributed by atoms with Gasteiger partial charge in [0.05, 0.1) is 12.6 Å². The number of aromatic nitrogens is 2. The Morgan fingerprint density at radius 1 is 1.32 bits per heavy atom. The molecule has 0 saturated carbocycles. The number of nitrogens with one attached hydrogen (secondary N) is 1. The van der Waals surface area contributed by atoms with Crippen molar-refractivity contribution in [2.75, 3.05) is 44.7 Å². The predicted octanol–water partition coefficient (Wildman–Crippen LogP) is 1.66. The topological polar surface area (TPSA) is 79.3 Å². The molecule has 0 aliphatic carbocycles. The van der Waals surface area contributed by atoms with Gasteiger partial charge in [-0.05, 0) is 11.8 Å². The molecule has 25 heavy (non-hydrogen) atoms. The van der Waals surface area contributed by atoms with Gasteiger partial charge in [0, 0.05) is 45.0 Å². The lowest BCUT2D eigenvalue weighted by molar-refractivity contribution is -0.131. The molecule has 138 valence electrons. The van der Waals surface area contributed by atoms with E-state index < -0.39 is 0 Å². The van der Waals surface area contributed by atoms with Crippen LogP contribution in [-0.2, 0) is 4.79 Å². The van der Waals surface area contributed by atoms with E-state index in [1.54, 1.807) is 0 Å². The Balaban J connectivity index is 1.87. The Morgan fingerprint density at radius 2 is 1.96 bits per heavy atom. The first-order valence-corrected chi connectivity index (χ1v) is 9.01. The fourth-order valence-electron chi connectivity index (χ4n) is 3.10. The molecule has 7 nitrogen and oxygen atoms in total. The molecule has 0 aromatic carbocycles. The SMILES string of the molecule is CC(C)c1cc(N(C)CC(=O)N2CCN([C@H](C#N)C(C)C)CC2)n[nH]1. The zero-order valence-corrected chi connectivity index (χ0v) is 16.0. The lowest BCUT2D eigenvalue weighted by atomic mass is 10.0. The molecule has 0 spiro atoms. The van der Waals surface area contributed by atoms with Gasteiger partial charge in [-0.2, -0.15) is 10.4 Å². The predicted molar refractivity (Wildman–Crippen MR) is 98.3 cm³/mol. The van der Waals surface area contributed by atoms with Gasteiger partial charge >= 0.3 is 0 Å². The van der Waals surface area contributed by atoms with Gasteiger partial charge in [0.1, 0.15) is 6.04 Å². The maximum atomic E-state index is 12.6. The first-order valence-electron chi connectivity index (χ1n) is 9.01. The average molecular weight is 346 g/mol. The number of piperazine rings is 1. The van der Waals surface area contributed by atoms with E-state index in [-0.39, 0.29) is 11.9 Å². The molecular formula is C18H30N6O. The fourth-order valence-corrected chi connectivity index (χ4v) is 3.10. The van der Waals surface area contributed by atoms with Gasteiger partial charge in [-0.3, -0.25) is 14.8 Å². The minimum Gasteiger partial charge on any atom is -0.349 e. The lowest BCUT2D eigenvalue weighted by Gasteiger charge is -2.38. The highest BCUT2D eigenvalue weighted by atomic mass is 16.2. The molecule has 7 heteroatoms. The Labute approximate surface area is 150 Å². The molecule has 0 unspecified atom stereocenters. The van der Waals surface area contributed by atoms with Gasteiger partial charge in [-0.1, -0.05) is 27.7 Å². The molecule has 1 fully saturated rings. The normalized spacial score (nSPS) is 17.0. The molecular weight excluding hydrogens is 316 g/mol. The van der Waals surface area contributed by atoms with Crippen molar-refractivity contribution in [1.29, 1.82) is 5.26 Å². The number of carbonyl (C=O) groups is 1. The second-order valence-electron chi connectivity index (χ2n) is 7.43. The van der Waals surface area contributed by atoms with Crippen LogP contribution in [0.3, 0.4) is 0 Å². The lowest BCUT2D eigenvalue weighted by Crippen LogP contribution is -2.54. The number of hydrogen-bond donors (Lipinski definition) is 1. The number of amides is 1.